The molecule has 2 aliphatic rings. The van der Waals surface area contributed by atoms with Crippen LogP contribution in [0.5, 0.6) is 0 Å². The molecule has 9 nitrogen and oxygen atoms in total. The van der Waals surface area contributed by atoms with Crippen LogP contribution in [0.15, 0.2) is 0 Å². The van der Waals surface area contributed by atoms with Crippen LogP contribution in [0, 0.1) is 11.8 Å². The Kier molecular flexibility index (Phi) is 18.9. The van der Waals surface area contributed by atoms with Gasteiger partial charge < -0.3 is 19.8 Å². The second kappa shape index (κ2) is 19.1. The fourth-order valence-corrected chi connectivity index (χ4v) is 2.88. The van der Waals surface area contributed by atoms with Crippen molar-refractivity contribution < 1.29 is 28.8 Å². The number of nitrogens with one attached hydrogen (secondary N) is 1. The van der Waals surface area contributed by atoms with Gasteiger partial charge in [-0.2, -0.15) is 0 Å². The van der Waals surface area contributed by atoms with Crippen LogP contribution >= 0.6 is 0 Å². The third kappa shape index (κ3) is 15.1. The smallest absolute Gasteiger partial charge is 0.356 e. The molecule has 0 aromatic carbocycles. The Balaban J connectivity index is 0. The highest BCUT2D eigenvalue weighted by molar-refractivity contribution is 6.01. The standard InChI is InChI=1S/C17H27N3O5.C3H6O.2C2H6/c1-12(2)3-4-14(21)18-11-13-7-9-19(10-8-13)17(24)25-20-15(22)5-6-16(20)23;1-3(2)4;2*1-2/h12-13H,3-11H2,1-2H3,(H,18,21);1-2H3;2*1-2H3. The molecule has 0 bridgehead atoms. The van der Waals surface area contributed by atoms with Crippen LogP contribution in [0.25, 0.3) is 0 Å². The van der Waals surface area contributed by atoms with Crippen LogP contribution in [0.3, 0.4) is 0 Å². The lowest BCUT2D eigenvalue weighted by molar-refractivity contribution is -0.174. The van der Waals surface area contributed by atoms with E-state index in [-0.39, 0.29) is 24.5 Å². The molecular formula is C24H45N3O6. The Labute approximate surface area is 199 Å². The number of likely N-dealkylation sites (tertiary alicyclic amines) is 1. The van der Waals surface area contributed by atoms with Gasteiger partial charge in [0.25, 0.3) is 11.8 Å². The summed E-state index contributed by atoms with van der Waals surface area (Å²) in [5.74, 6) is 0.118. The molecule has 0 unspecified atom stereocenters. The maximum absolute atomic E-state index is 12.1. The molecule has 2 fully saturated rings. The van der Waals surface area contributed by atoms with Gasteiger partial charge in [-0.15, -0.1) is 5.06 Å². The lowest BCUT2D eigenvalue weighted by Gasteiger charge is -2.31. The molecule has 192 valence electrons. The van der Waals surface area contributed by atoms with Crippen molar-refractivity contribution >= 4 is 29.6 Å². The molecule has 9 heteroatoms. The molecule has 0 radical (unpaired) electrons. The van der Waals surface area contributed by atoms with E-state index in [9.17, 15) is 24.0 Å². The molecule has 2 aliphatic heterocycles. The Morgan fingerprint density at radius 2 is 1.42 bits per heavy atom. The quantitative estimate of drug-likeness (QED) is 0.584. The monoisotopic (exact) mass is 471 g/mol. The van der Waals surface area contributed by atoms with Crippen LogP contribution in [-0.4, -0.2) is 59.2 Å². The van der Waals surface area contributed by atoms with Crippen molar-refractivity contribution in [2.75, 3.05) is 19.6 Å². The largest absolute Gasteiger partial charge is 0.434 e. The third-order valence-corrected chi connectivity index (χ3v) is 4.58. The third-order valence-electron chi connectivity index (χ3n) is 4.58. The van der Waals surface area contributed by atoms with Crippen molar-refractivity contribution in [3.63, 3.8) is 0 Å². The van der Waals surface area contributed by atoms with Gasteiger partial charge in [0.2, 0.25) is 5.91 Å². The van der Waals surface area contributed by atoms with E-state index in [1.54, 1.807) is 0 Å². The highest BCUT2D eigenvalue weighted by atomic mass is 16.7. The SMILES string of the molecule is CC.CC.CC(C)=O.CC(C)CCC(=O)NCC1CCN(C(=O)ON2C(=O)CCC2=O)CC1. The van der Waals surface area contributed by atoms with Crippen molar-refractivity contribution in [2.24, 2.45) is 11.8 Å². The predicted octanol–water partition coefficient (Wildman–Crippen LogP) is 4.10. The number of hydroxylamine groups is 2. The van der Waals surface area contributed by atoms with Crippen LogP contribution in [-0.2, 0) is 24.0 Å². The molecule has 0 saturated carbocycles. The van der Waals surface area contributed by atoms with Crippen molar-refractivity contribution in [1.82, 2.24) is 15.3 Å². The summed E-state index contributed by atoms with van der Waals surface area (Å²) in [6, 6.07) is 0. The van der Waals surface area contributed by atoms with Crippen molar-refractivity contribution in [1.29, 1.82) is 0 Å². The molecule has 33 heavy (non-hydrogen) atoms. The van der Waals surface area contributed by atoms with E-state index in [0.29, 0.717) is 43.0 Å². The number of imide groups is 1. The summed E-state index contributed by atoms with van der Waals surface area (Å²) in [7, 11) is 0. The Hall–Kier alpha value is -2.45. The molecule has 4 amide bonds. The van der Waals surface area contributed by atoms with E-state index in [4.69, 9.17) is 4.84 Å². The highest BCUT2D eigenvalue weighted by Gasteiger charge is 2.35. The zero-order valence-corrected chi connectivity index (χ0v) is 21.9. The molecule has 1 N–H and O–H groups in total. The first-order valence-electron chi connectivity index (χ1n) is 12.2. The molecule has 0 aromatic rings. The highest BCUT2D eigenvalue weighted by Crippen LogP contribution is 2.19. The number of carbonyl (C=O) groups excluding carboxylic acids is 5. The molecular weight excluding hydrogens is 426 g/mol. The zero-order valence-electron chi connectivity index (χ0n) is 21.9. The van der Waals surface area contributed by atoms with E-state index < -0.39 is 17.9 Å². The van der Waals surface area contributed by atoms with Crippen molar-refractivity contribution in [2.45, 2.75) is 93.9 Å². The van der Waals surface area contributed by atoms with Gasteiger partial charge in [0.15, 0.2) is 0 Å². The zero-order chi connectivity index (χ0) is 26.0. The van der Waals surface area contributed by atoms with Crippen LogP contribution in [0.1, 0.15) is 93.9 Å². The van der Waals surface area contributed by atoms with Gasteiger partial charge >= 0.3 is 6.09 Å². The summed E-state index contributed by atoms with van der Waals surface area (Å²) in [6.45, 7) is 16.8. The van der Waals surface area contributed by atoms with Crippen molar-refractivity contribution in [3.05, 3.63) is 0 Å². The summed E-state index contributed by atoms with van der Waals surface area (Å²) in [5.41, 5.74) is 0. The number of amides is 4. The van der Waals surface area contributed by atoms with Gasteiger partial charge in [0.1, 0.15) is 5.78 Å². The van der Waals surface area contributed by atoms with Crippen LogP contribution < -0.4 is 5.32 Å². The average Bonchev–Trinajstić information content (AvgIpc) is 3.11. The number of rotatable bonds is 6. The molecule has 0 aliphatic carbocycles. The van der Waals surface area contributed by atoms with E-state index in [1.807, 2.05) is 27.7 Å². The Morgan fingerprint density at radius 1 is 0.970 bits per heavy atom. The van der Waals surface area contributed by atoms with E-state index in [1.165, 1.54) is 18.7 Å². The van der Waals surface area contributed by atoms with Crippen LogP contribution in [0.2, 0.25) is 0 Å². The molecule has 2 heterocycles. The maximum Gasteiger partial charge on any atom is 0.434 e. The first-order chi connectivity index (χ1) is 15.6. The average molecular weight is 472 g/mol. The van der Waals surface area contributed by atoms with Gasteiger partial charge in [0.05, 0.1) is 0 Å². The first-order valence-corrected chi connectivity index (χ1v) is 12.2. The molecule has 2 saturated heterocycles. The summed E-state index contributed by atoms with van der Waals surface area (Å²) in [4.78, 5) is 62.6. The molecule has 0 atom stereocenters. The topological polar surface area (TPSA) is 113 Å². The summed E-state index contributed by atoms with van der Waals surface area (Å²) >= 11 is 0. The minimum Gasteiger partial charge on any atom is -0.356 e. The van der Waals surface area contributed by atoms with Crippen LogP contribution in [0.4, 0.5) is 4.79 Å². The predicted molar refractivity (Wildman–Crippen MR) is 128 cm³/mol. The molecule has 0 aromatic heterocycles. The summed E-state index contributed by atoms with van der Waals surface area (Å²) in [6.07, 6.45) is 2.44. The minimum atomic E-state index is -0.664. The van der Waals surface area contributed by atoms with Gasteiger partial charge in [-0.05, 0) is 44.9 Å². The number of hydrogen-bond acceptors (Lipinski definition) is 6. The second-order valence-corrected chi connectivity index (χ2v) is 8.01. The van der Waals surface area contributed by atoms with Gasteiger partial charge in [-0.3, -0.25) is 14.4 Å². The lowest BCUT2D eigenvalue weighted by Crippen LogP contribution is -2.44. The fraction of sp³-hybridized carbons (Fsp3) is 0.792. The number of ketones is 1. The Bertz CT molecular complexity index is 593. The number of Topliss-reactive ketones (excluding diaryl/α,β-unsaturated/α-hetero) is 1. The fourth-order valence-electron chi connectivity index (χ4n) is 2.88. The normalized spacial score (nSPS) is 15.4. The van der Waals surface area contributed by atoms with E-state index in [2.05, 4.69) is 19.2 Å². The molecule has 2 rings (SSSR count). The maximum atomic E-state index is 12.1. The first kappa shape index (κ1) is 32.7. The Morgan fingerprint density at radius 3 is 1.85 bits per heavy atom. The summed E-state index contributed by atoms with van der Waals surface area (Å²) < 4.78 is 0. The number of piperidine rings is 1. The number of nitrogens with zero attached hydrogens (tertiary/aromatic N) is 2. The summed E-state index contributed by atoms with van der Waals surface area (Å²) in [5, 5.41) is 3.52. The van der Waals surface area contributed by atoms with E-state index in [0.717, 1.165) is 19.3 Å². The number of hydrogen-bond donors (Lipinski definition) is 1. The lowest BCUT2D eigenvalue weighted by atomic mass is 9.97. The van der Waals surface area contributed by atoms with Gasteiger partial charge in [0, 0.05) is 38.9 Å². The second-order valence-electron chi connectivity index (χ2n) is 8.01. The van der Waals surface area contributed by atoms with Gasteiger partial charge in [-0.25, -0.2) is 4.79 Å². The van der Waals surface area contributed by atoms with E-state index >= 15 is 0 Å². The molecule has 0 spiro atoms. The van der Waals surface area contributed by atoms with Gasteiger partial charge in [-0.1, -0.05) is 41.5 Å². The number of carbonyl (C=O) groups is 5. The minimum absolute atomic E-state index is 0.0709. The van der Waals surface area contributed by atoms with Crippen molar-refractivity contribution in [3.8, 4) is 0 Å².